The van der Waals surface area contributed by atoms with Crippen LogP contribution in [0.1, 0.15) is 126 Å². The first-order valence-corrected chi connectivity index (χ1v) is 23.6. The Morgan fingerprint density at radius 1 is 0.981 bits per heavy atom. The smallest absolute Gasteiger partial charge is 0.312 e. The van der Waals surface area contributed by atoms with Crippen molar-refractivity contribution in [1.29, 1.82) is 0 Å². The average Bonchev–Trinajstić information content (AvgIpc) is 3.42. The molecule has 7 aliphatic rings. The highest BCUT2D eigenvalue weighted by molar-refractivity contribution is 7.91. The number of alkyl halides is 1. The summed E-state index contributed by atoms with van der Waals surface area (Å²) in [4.78, 5) is 14.4. The lowest BCUT2D eigenvalue weighted by molar-refractivity contribution is -0.226. The average molecular weight is 769 g/mol. The normalized spacial score (nSPS) is 45.8. The molecule has 0 aromatic rings. The van der Waals surface area contributed by atoms with Crippen molar-refractivity contribution in [3.05, 3.63) is 35.5 Å². The Balaban J connectivity index is 1.10. The molecule has 0 bridgehead atoms. The summed E-state index contributed by atoms with van der Waals surface area (Å²) in [7, 11) is -2.94. The number of nitrogens with one attached hydrogen (secondary N) is 1. The number of carboxylic acids is 1. The summed E-state index contributed by atoms with van der Waals surface area (Å²) in [6.45, 7) is 25.6. The number of nitrogens with zero attached hydrogens (tertiary/aromatic N) is 1. The molecule has 6 nitrogen and oxygen atoms in total. The molecule has 1 saturated heterocycles. The molecule has 0 aromatic heterocycles. The molecular formula is C46H73FN2O4S. The maximum atomic E-state index is 14.0. The van der Waals surface area contributed by atoms with E-state index in [0.29, 0.717) is 60.1 Å². The first-order chi connectivity index (χ1) is 25.3. The second-order valence-corrected chi connectivity index (χ2v) is 23.7. The summed E-state index contributed by atoms with van der Waals surface area (Å²) in [5.41, 5.74) is 3.83. The molecule has 7 rings (SSSR count). The zero-order valence-electron chi connectivity index (χ0n) is 34.9. The molecular weight excluding hydrogens is 696 g/mol. The van der Waals surface area contributed by atoms with Crippen molar-refractivity contribution in [2.45, 2.75) is 126 Å². The molecule has 11 atom stereocenters. The van der Waals surface area contributed by atoms with Crippen LogP contribution in [0.5, 0.6) is 0 Å². The van der Waals surface area contributed by atoms with E-state index < -0.39 is 27.9 Å². The van der Waals surface area contributed by atoms with E-state index in [1.807, 2.05) is 0 Å². The Bertz CT molecular complexity index is 1670. The topological polar surface area (TPSA) is 86.7 Å². The zero-order chi connectivity index (χ0) is 39.1. The molecule has 0 radical (unpaired) electrons. The van der Waals surface area contributed by atoms with Crippen molar-refractivity contribution in [3.63, 3.8) is 0 Å². The van der Waals surface area contributed by atoms with Gasteiger partial charge in [-0.05, 0) is 158 Å². The van der Waals surface area contributed by atoms with Crippen LogP contribution in [-0.2, 0) is 14.6 Å². The highest BCUT2D eigenvalue weighted by Crippen LogP contribution is 2.77. The first-order valence-electron chi connectivity index (χ1n) is 21.8. The largest absolute Gasteiger partial charge is 0.481 e. The van der Waals surface area contributed by atoms with Gasteiger partial charge in [0.2, 0.25) is 0 Å². The highest BCUT2D eigenvalue weighted by Gasteiger charge is 2.70. The molecule has 0 amide bonds. The number of carbonyl (C=O) groups is 1. The number of rotatable bonds is 9. The molecule has 54 heavy (non-hydrogen) atoms. The number of hydrogen-bond donors (Lipinski definition) is 2. The van der Waals surface area contributed by atoms with Gasteiger partial charge in [-0.3, -0.25) is 4.79 Å². The second kappa shape index (κ2) is 14.1. The molecule has 1 aliphatic heterocycles. The maximum absolute atomic E-state index is 14.0. The lowest BCUT2D eigenvalue weighted by Gasteiger charge is -2.72. The number of allylic oxidation sites excluding steroid dienone is 5. The van der Waals surface area contributed by atoms with Crippen LogP contribution < -0.4 is 5.32 Å². The summed E-state index contributed by atoms with van der Waals surface area (Å²) >= 11 is 0. The molecule has 6 aliphatic carbocycles. The minimum Gasteiger partial charge on any atom is -0.481 e. The fourth-order valence-electron chi connectivity index (χ4n) is 15.4. The van der Waals surface area contributed by atoms with Gasteiger partial charge in [0.25, 0.3) is 0 Å². The van der Waals surface area contributed by atoms with E-state index in [2.05, 4.69) is 77.4 Å². The Morgan fingerprint density at radius 3 is 2.41 bits per heavy atom. The van der Waals surface area contributed by atoms with Gasteiger partial charge in [-0.25, -0.2) is 12.8 Å². The molecule has 1 heterocycles. The van der Waals surface area contributed by atoms with E-state index in [0.717, 1.165) is 32.6 Å². The van der Waals surface area contributed by atoms with E-state index >= 15 is 0 Å². The molecule has 4 unspecified atom stereocenters. The third-order valence-electron chi connectivity index (χ3n) is 18.4. The van der Waals surface area contributed by atoms with Crippen molar-refractivity contribution in [3.8, 4) is 0 Å². The maximum Gasteiger partial charge on any atom is 0.312 e. The third kappa shape index (κ3) is 6.36. The summed E-state index contributed by atoms with van der Waals surface area (Å²) < 4.78 is 38.8. The van der Waals surface area contributed by atoms with Gasteiger partial charge in [0.15, 0.2) is 9.84 Å². The highest BCUT2D eigenvalue weighted by atomic mass is 32.2. The van der Waals surface area contributed by atoms with E-state index in [-0.39, 0.29) is 39.8 Å². The van der Waals surface area contributed by atoms with E-state index in [1.54, 1.807) is 0 Å². The van der Waals surface area contributed by atoms with Crippen LogP contribution in [0.2, 0.25) is 0 Å². The van der Waals surface area contributed by atoms with Gasteiger partial charge in [-0.15, -0.1) is 0 Å². The van der Waals surface area contributed by atoms with Crippen LogP contribution in [0.4, 0.5) is 4.39 Å². The fourth-order valence-corrected chi connectivity index (χ4v) is 17.1. The molecule has 0 spiro atoms. The van der Waals surface area contributed by atoms with E-state index in [9.17, 15) is 22.7 Å². The summed E-state index contributed by atoms with van der Waals surface area (Å²) in [5, 5.41) is 13.8. The molecule has 304 valence electrons. The second-order valence-electron chi connectivity index (χ2n) is 21.4. The van der Waals surface area contributed by atoms with Gasteiger partial charge in [-0.2, -0.15) is 0 Å². The molecule has 2 N–H and O–H groups in total. The van der Waals surface area contributed by atoms with Gasteiger partial charge in [0, 0.05) is 32.7 Å². The Labute approximate surface area is 327 Å². The number of sulfone groups is 1. The van der Waals surface area contributed by atoms with Crippen molar-refractivity contribution in [1.82, 2.24) is 10.2 Å². The number of carboxylic acid groups (broad SMARTS) is 1. The zero-order valence-corrected chi connectivity index (χ0v) is 35.7. The van der Waals surface area contributed by atoms with Gasteiger partial charge in [0.1, 0.15) is 6.67 Å². The number of halogens is 1. The lowest BCUT2D eigenvalue weighted by atomic mass is 9.32. The van der Waals surface area contributed by atoms with E-state index in [4.69, 9.17) is 0 Å². The standard InChI is InChI=1S/C46H73FN2O4S/c1-31(2)34-13-20-46(30-48-23-24-49-25-26-54(52,53)28-32(3)27-49)22-21-43(7)36(39(34)46)9-10-38-42(6)16-14-35(41(4,5)37(42)15-17-44(38,43)8)33-11-18-45(29-47,19-12-33)40(50)51/h11,14,32,34,36-39,48H,1,9-10,12-13,15-30H2,2-8H3,(H,50,51)/t32?,34-,36?,37-,38+,39?,42-,43+,44+,45+,46?/m0/s1. The van der Waals surface area contributed by atoms with Crippen LogP contribution in [0.25, 0.3) is 0 Å². The Hall–Kier alpha value is -1.51. The molecule has 4 saturated carbocycles. The fraction of sp³-hybridized carbons (Fsp3) is 0.848. The summed E-state index contributed by atoms with van der Waals surface area (Å²) in [6.07, 6.45) is 17.2. The molecule has 8 heteroatoms. The first kappa shape index (κ1) is 40.7. The van der Waals surface area contributed by atoms with Crippen molar-refractivity contribution >= 4 is 15.8 Å². The lowest BCUT2D eigenvalue weighted by Crippen LogP contribution is -2.66. The van der Waals surface area contributed by atoms with Gasteiger partial charge in [-0.1, -0.05) is 65.8 Å². The van der Waals surface area contributed by atoms with Crippen LogP contribution in [0.3, 0.4) is 0 Å². The van der Waals surface area contributed by atoms with Crippen LogP contribution in [-0.4, -0.2) is 75.3 Å². The minimum atomic E-state index is -2.94. The Kier molecular flexibility index (Phi) is 10.6. The minimum absolute atomic E-state index is 0.0135. The van der Waals surface area contributed by atoms with E-state index in [1.165, 1.54) is 68.1 Å². The van der Waals surface area contributed by atoms with Gasteiger partial charge >= 0.3 is 5.97 Å². The molecule has 0 aromatic carbocycles. The predicted molar refractivity (Wildman–Crippen MR) is 218 cm³/mol. The van der Waals surface area contributed by atoms with Crippen molar-refractivity contribution in [2.24, 2.45) is 68.0 Å². The monoisotopic (exact) mass is 769 g/mol. The van der Waals surface area contributed by atoms with Crippen molar-refractivity contribution < 1.29 is 22.7 Å². The van der Waals surface area contributed by atoms with Crippen LogP contribution in [0, 0.1) is 68.0 Å². The SMILES string of the molecule is C=C(C)[C@@H]1CCC2(CNCCN3CCS(=O)(=O)CC(C)C3)CC[C@]3(C)C(CC[C@@H]4[C@@]5(C)CC=C(C6=CC[C@@](CF)(C(=O)O)CC6)C(C)(C)[C@@H]5CC[C@]43C)C12. The summed E-state index contributed by atoms with van der Waals surface area (Å²) in [6, 6.07) is 0. The van der Waals surface area contributed by atoms with Crippen molar-refractivity contribution in [2.75, 3.05) is 50.9 Å². The van der Waals surface area contributed by atoms with Crippen LogP contribution >= 0.6 is 0 Å². The van der Waals surface area contributed by atoms with Gasteiger partial charge < -0.3 is 15.3 Å². The molecule has 5 fully saturated rings. The number of hydrogen-bond acceptors (Lipinski definition) is 5. The number of aliphatic carboxylic acids is 1. The van der Waals surface area contributed by atoms with Crippen LogP contribution in [0.15, 0.2) is 35.5 Å². The number of fused-ring (bicyclic) bond motifs is 7. The Morgan fingerprint density at radius 2 is 1.74 bits per heavy atom. The van der Waals surface area contributed by atoms with Gasteiger partial charge in [0.05, 0.1) is 16.9 Å². The predicted octanol–water partition coefficient (Wildman–Crippen LogP) is 9.29. The summed E-state index contributed by atoms with van der Waals surface area (Å²) in [5.74, 6) is 2.94. The third-order valence-corrected chi connectivity index (χ3v) is 20.3. The quantitative estimate of drug-likeness (QED) is 0.180.